The molecule has 0 fully saturated rings. The van der Waals surface area contributed by atoms with Crippen LogP contribution in [0.4, 0.5) is 0 Å². The summed E-state index contributed by atoms with van der Waals surface area (Å²) in [4.78, 5) is 0. The Balaban J connectivity index is 2.90. The van der Waals surface area contributed by atoms with Gasteiger partial charge in [0.15, 0.2) is 0 Å². The molecule has 0 aliphatic carbocycles. The maximum atomic E-state index is 5.35. The van der Waals surface area contributed by atoms with Gasteiger partial charge in [0.2, 0.25) is 0 Å². The van der Waals surface area contributed by atoms with Crippen LogP contribution in [0.25, 0.3) is 0 Å². The van der Waals surface area contributed by atoms with Gasteiger partial charge in [0.05, 0.1) is 0 Å². The van der Waals surface area contributed by atoms with E-state index < -0.39 is 19.3 Å². The summed E-state index contributed by atoms with van der Waals surface area (Å²) in [6.07, 6.45) is 0.944. The third kappa shape index (κ3) is 4.62. The Kier molecular flexibility index (Phi) is 6.19. The lowest BCUT2D eigenvalue weighted by molar-refractivity contribution is 1.28. The zero-order valence-electron chi connectivity index (χ0n) is 3.79. The molecule has 0 aromatic heterocycles. The molecule has 2 heteroatoms. The van der Waals surface area contributed by atoms with E-state index in [0.29, 0.717) is 0 Å². The van der Waals surface area contributed by atoms with Crippen LogP contribution in [-0.4, -0.2) is 19.3 Å². The molecule has 0 aromatic carbocycles. The first-order valence-corrected chi connectivity index (χ1v) is 4.78. The lowest BCUT2D eigenvalue weighted by atomic mass is 10.5. The van der Waals surface area contributed by atoms with Crippen molar-refractivity contribution in [2.45, 2.75) is 13.3 Å². The van der Waals surface area contributed by atoms with Gasteiger partial charge in [-0.25, -0.2) is 4.05 Å². The van der Waals surface area contributed by atoms with E-state index in [9.17, 15) is 0 Å². The lowest BCUT2D eigenvalue weighted by Gasteiger charge is -1.62. The molecular formula is C4H5ClMg. The Morgan fingerprint density at radius 1 is 1.83 bits per heavy atom. The van der Waals surface area contributed by atoms with Crippen molar-refractivity contribution in [3.8, 4) is 9.97 Å². The maximum absolute atomic E-state index is 5.35. The number of rotatable bonds is 0. The Morgan fingerprint density at radius 3 is 2.67 bits per heavy atom. The molecule has 0 unspecified atom stereocenters. The van der Waals surface area contributed by atoms with E-state index in [1.807, 2.05) is 6.92 Å². The molecule has 0 aromatic rings. The standard InChI is InChI=1S/C4H5.ClH.Mg/c1-3-4-2;;/h3H2,1H3;1H;/q;;+1/p-1. The molecule has 0 heterocycles. The fraction of sp³-hybridized carbons (Fsp3) is 0.500. The molecule has 0 nitrogen and oxygen atoms in total. The second kappa shape index (κ2) is 5.62. The average molecular weight is 113 g/mol. The SMILES string of the molecule is CCC#[C][Mg][Cl]. The van der Waals surface area contributed by atoms with Gasteiger partial charge in [-0.3, -0.25) is 0 Å². The van der Waals surface area contributed by atoms with Gasteiger partial charge in [0.1, 0.15) is 0 Å². The third-order valence-corrected chi connectivity index (χ3v) is 1.15. The minimum atomic E-state index is -0.486. The van der Waals surface area contributed by atoms with Crippen LogP contribution in [0.3, 0.4) is 0 Å². The molecule has 0 amide bonds. The van der Waals surface area contributed by atoms with Gasteiger partial charge >= 0.3 is 19.3 Å². The van der Waals surface area contributed by atoms with Crippen LogP contribution < -0.4 is 0 Å². The first-order valence-electron chi connectivity index (χ1n) is 1.93. The van der Waals surface area contributed by atoms with E-state index in [-0.39, 0.29) is 0 Å². The van der Waals surface area contributed by atoms with E-state index in [1.165, 1.54) is 0 Å². The molecule has 30 valence electrons. The van der Waals surface area contributed by atoms with Crippen molar-refractivity contribution in [1.29, 1.82) is 0 Å². The highest BCUT2D eigenvalue weighted by atomic mass is 35.5. The molecule has 0 atom stereocenters. The van der Waals surface area contributed by atoms with Gasteiger partial charge < -0.3 is 9.07 Å². The molecular weight excluding hydrogens is 108 g/mol. The molecule has 0 aliphatic heterocycles. The maximum Gasteiger partial charge on any atom is 0.598 e. The fourth-order valence-electron chi connectivity index (χ4n) is 0.172. The Bertz CT molecular complexity index is 61.4. The van der Waals surface area contributed by atoms with Crippen LogP contribution in [0.2, 0.25) is 0 Å². The van der Waals surface area contributed by atoms with Crippen LogP contribution >= 0.6 is 9.07 Å². The highest BCUT2D eigenvalue weighted by Crippen LogP contribution is 1.66. The first-order chi connectivity index (χ1) is 2.91. The minimum absolute atomic E-state index is 0.486. The summed E-state index contributed by atoms with van der Waals surface area (Å²) in [7, 11) is 5.35. The van der Waals surface area contributed by atoms with Crippen molar-refractivity contribution in [1.82, 2.24) is 0 Å². The predicted octanol–water partition coefficient (Wildman–Crippen LogP) is 1.22. The van der Waals surface area contributed by atoms with Crippen LogP contribution in [0.1, 0.15) is 13.3 Å². The normalized spacial score (nSPS) is 5.00. The number of hydrogen-bond donors (Lipinski definition) is 0. The molecule has 0 bridgehead atoms. The van der Waals surface area contributed by atoms with Crippen molar-refractivity contribution < 1.29 is 0 Å². The second-order valence-electron chi connectivity index (χ2n) is 0.841. The Morgan fingerprint density at radius 2 is 2.50 bits per heavy atom. The summed E-state index contributed by atoms with van der Waals surface area (Å²) in [6.45, 7) is 2.02. The summed E-state index contributed by atoms with van der Waals surface area (Å²) in [5.41, 5.74) is 0. The zero-order valence-corrected chi connectivity index (χ0v) is 5.96. The molecule has 0 rings (SSSR count). The van der Waals surface area contributed by atoms with Crippen LogP contribution in [0.15, 0.2) is 0 Å². The quantitative estimate of drug-likeness (QED) is 0.327. The summed E-state index contributed by atoms with van der Waals surface area (Å²) in [6, 6.07) is 0. The smallest absolute Gasteiger partial charge is 0.316 e. The predicted molar refractivity (Wildman–Crippen MR) is 29.7 cm³/mol. The Labute approximate surface area is 51.8 Å². The molecule has 0 saturated heterocycles. The van der Waals surface area contributed by atoms with Crippen molar-refractivity contribution >= 4 is 28.3 Å². The van der Waals surface area contributed by atoms with Gasteiger partial charge in [0.25, 0.3) is 0 Å². The zero-order chi connectivity index (χ0) is 4.83. The molecule has 0 aliphatic rings. The molecule has 6 heavy (non-hydrogen) atoms. The summed E-state index contributed by atoms with van der Waals surface area (Å²) >= 11 is -0.486. The van der Waals surface area contributed by atoms with Crippen molar-refractivity contribution in [2.75, 3.05) is 0 Å². The topological polar surface area (TPSA) is 0 Å². The lowest BCUT2D eigenvalue weighted by Crippen LogP contribution is -1.63. The largest absolute Gasteiger partial charge is 0.598 e. The van der Waals surface area contributed by atoms with E-state index in [4.69, 9.17) is 9.07 Å². The van der Waals surface area contributed by atoms with E-state index in [0.717, 1.165) is 6.42 Å². The Hall–Kier alpha value is 0.616. The molecule has 0 N–H and O–H groups in total. The highest BCUT2D eigenvalue weighted by Gasteiger charge is 1.71. The van der Waals surface area contributed by atoms with E-state index in [1.54, 1.807) is 0 Å². The van der Waals surface area contributed by atoms with Crippen LogP contribution in [-0.2, 0) is 0 Å². The summed E-state index contributed by atoms with van der Waals surface area (Å²) in [5, 5.41) is 0. The van der Waals surface area contributed by atoms with Crippen LogP contribution in [0.5, 0.6) is 0 Å². The second-order valence-corrected chi connectivity index (χ2v) is 2.26. The molecule has 0 saturated carbocycles. The van der Waals surface area contributed by atoms with Gasteiger partial charge in [-0.05, 0) is 0 Å². The molecule has 0 radical (unpaired) electrons. The van der Waals surface area contributed by atoms with Crippen LogP contribution in [0, 0.1) is 9.97 Å². The van der Waals surface area contributed by atoms with E-state index >= 15 is 0 Å². The monoisotopic (exact) mass is 112 g/mol. The number of hydrogen-bond acceptors (Lipinski definition) is 0. The fourth-order valence-corrected chi connectivity index (χ4v) is 0.800. The molecule has 0 spiro atoms. The van der Waals surface area contributed by atoms with Gasteiger partial charge in [-0.15, -0.1) is 5.92 Å². The van der Waals surface area contributed by atoms with E-state index in [2.05, 4.69) is 9.97 Å². The van der Waals surface area contributed by atoms with Crippen molar-refractivity contribution in [2.24, 2.45) is 0 Å². The van der Waals surface area contributed by atoms with Gasteiger partial charge in [0, 0.05) is 6.42 Å². The highest BCUT2D eigenvalue weighted by molar-refractivity contribution is 6.98. The summed E-state index contributed by atoms with van der Waals surface area (Å²) < 4.78 is 2.85. The average Bonchev–Trinajstić information content (AvgIpc) is 1.61. The van der Waals surface area contributed by atoms with Crippen molar-refractivity contribution in [3.63, 3.8) is 0 Å². The number of halogens is 1. The van der Waals surface area contributed by atoms with Gasteiger partial charge in [-0.1, -0.05) is 6.92 Å². The first kappa shape index (κ1) is 6.62. The third-order valence-electron chi connectivity index (χ3n) is 0.369. The minimum Gasteiger partial charge on any atom is -0.316 e. The van der Waals surface area contributed by atoms with Crippen molar-refractivity contribution in [3.05, 3.63) is 0 Å². The summed E-state index contributed by atoms with van der Waals surface area (Å²) in [5.74, 6) is 2.88. The van der Waals surface area contributed by atoms with Gasteiger partial charge in [-0.2, -0.15) is 0 Å².